The zero-order valence-electron chi connectivity index (χ0n) is 13.9. The molecule has 0 amide bonds. The molecule has 0 aliphatic heterocycles. The molecule has 28 heavy (non-hydrogen) atoms. The van der Waals surface area contributed by atoms with Crippen molar-refractivity contribution in [3.05, 3.63) is 67.1 Å². The van der Waals surface area contributed by atoms with Gasteiger partial charge in [0.25, 0.3) is 10.0 Å². The zero-order chi connectivity index (χ0) is 20.2. The molecule has 7 nitrogen and oxygen atoms in total. The van der Waals surface area contributed by atoms with Crippen molar-refractivity contribution in [2.75, 3.05) is 4.72 Å². The molecule has 0 spiro atoms. The van der Waals surface area contributed by atoms with Gasteiger partial charge in [-0.1, -0.05) is 6.07 Å². The highest BCUT2D eigenvalue weighted by Gasteiger charge is 2.31. The fraction of sp³-hybridized carbons (Fsp3) is 0.0588. The molecule has 3 rings (SSSR count). The Morgan fingerprint density at radius 3 is 2.36 bits per heavy atom. The van der Waals surface area contributed by atoms with Crippen LogP contribution in [0.3, 0.4) is 0 Å². The SMILES string of the molecule is O=S(=O)(Nc1cccc(Oc2cnccn2)c1)c1ccc(OC(F)(F)F)cc1. The van der Waals surface area contributed by atoms with Crippen LogP contribution in [0, 0.1) is 0 Å². The third-order valence-electron chi connectivity index (χ3n) is 3.22. The van der Waals surface area contributed by atoms with E-state index in [0.717, 1.165) is 24.3 Å². The molecular weight excluding hydrogens is 399 g/mol. The lowest BCUT2D eigenvalue weighted by Crippen LogP contribution is -2.17. The van der Waals surface area contributed by atoms with Crippen molar-refractivity contribution in [3.8, 4) is 17.4 Å². The molecule has 11 heteroatoms. The maximum absolute atomic E-state index is 12.4. The van der Waals surface area contributed by atoms with Gasteiger partial charge in [-0.25, -0.2) is 13.4 Å². The summed E-state index contributed by atoms with van der Waals surface area (Å²) >= 11 is 0. The van der Waals surface area contributed by atoms with Crippen LogP contribution in [-0.4, -0.2) is 24.7 Å². The summed E-state index contributed by atoms with van der Waals surface area (Å²) in [5, 5.41) is 0. The normalized spacial score (nSPS) is 11.7. The Labute approximate surface area is 157 Å². The van der Waals surface area contributed by atoms with Crippen molar-refractivity contribution >= 4 is 15.7 Å². The third-order valence-corrected chi connectivity index (χ3v) is 4.61. The van der Waals surface area contributed by atoms with E-state index in [-0.39, 0.29) is 16.5 Å². The van der Waals surface area contributed by atoms with Gasteiger partial charge in [0, 0.05) is 18.5 Å². The first kappa shape index (κ1) is 19.4. The second-order valence-electron chi connectivity index (χ2n) is 5.30. The van der Waals surface area contributed by atoms with Crippen LogP contribution in [-0.2, 0) is 10.0 Å². The number of nitrogens with zero attached hydrogens (tertiary/aromatic N) is 2. The van der Waals surface area contributed by atoms with Gasteiger partial charge in [-0.2, -0.15) is 0 Å². The van der Waals surface area contributed by atoms with E-state index in [2.05, 4.69) is 19.4 Å². The topological polar surface area (TPSA) is 90.4 Å². The summed E-state index contributed by atoms with van der Waals surface area (Å²) in [5.74, 6) is 0.0169. The van der Waals surface area contributed by atoms with Crippen LogP contribution in [0.5, 0.6) is 17.4 Å². The molecule has 0 aliphatic carbocycles. The number of anilines is 1. The van der Waals surface area contributed by atoms with Gasteiger partial charge in [0.05, 0.1) is 16.8 Å². The Balaban J connectivity index is 1.74. The number of sulfonamides is 1. The lowest BCUT2D eigenvalue weighted by molar-refractivity contribution is -0.274. The Kier molecular flexibility index (Phi) is 5.36. The van der Waals surface area contributed by atoms with E-state index in [1.54, 1.807) is 12.1 Å². The second-order valence-corrected chi connectivity index (χ2v) is 6.98. The highest BCUT2D eigenvalue weighted by atomic mass is 32.2. The minimum absolute atomic E-state index is 0.192. The quantitative estimate of drug-likeness (QED) is 0.660. The van der Waals surface area contributed by atoms with Gasteiger partial charge in [-0.15, -0.1) is 13.2 Å². The monoisotopic (exact) mass is 411 g/mol. The van der Waals surface area contributed by atoms with Crippen LogP contribution >= 0.6 is 0 Å². The van der Waals surface area contributed by atoms with Gasteiger partial charge in [-0.05, 0) is 36.4 Å². The summed E-state index contributed by atoms with van der Waals surface area (Å²) < 4.78 is 72.9. The molecule has 0 saturated heterocycles. The number of halogens is 3. The third kappa shape index (κ3) is 5.33. The molecule has 0 atom stereocenters. The fourth-order valence-electron chi connectivity index (χ4n) is 2.12. The summed E-state index contributed by atoms with van der Waals surface area (Å²) in [7, 11) is -4.03. The number of benzene rings is 2. The molecule has 1 N–H and O–H groups in total. The van der Waals surface area contributed by atoms with E-state index in [1.807, 2.05) is 0 Å². The van der Waals surface area contributed by atoms with Gasteiger partial charge in [0.1, 0.15) is 11.5 Å². The average molecular weight is 411 g/mol. The van der Waals surface area contributed by atoms with Gasteiger partial charge in [-0.3, -0.25) is 9.71 Å². The van der Waals surface area contributed by atoms with Crippen LogP contribution < -0.4 is 14.2 Å². The van der Waals surface area contributed by atoms with E-state index in [4.69, 9.17) is 4.74 Å². The Bertz CT molecular complexity index is 1040. The van der Waals surface area contributed by atoms with Crippen LogP contribution in [0.2, 0.25) is 0 Å². The molecule has 2 aromatic carbocycles. The molecule has 1 aromatic heterocycles. The first-order valence-corrected chi connectivity index (χ1v) is 9.12. The van der Waals surface area contributed by atoms with E-state index < -0.39 is 22.1 Å². The van der Waals surface area contributed by atoms with Crippen molar-refractivity contribution in [2.24, 2.45) is 0 Å². The van der Waals surface area contributed by atoms with Gasteiger partial charge < -0.3 is 9.47 Å². The van der Waals surface area contributed by atoms with Crippen molar-refractivity contribution < 1.29 is 31.1 Å². The summed E-state index contributed by atoms with van der Waals surface area (Å²) in [4.78, 5) is 7.56. The molecule has 0 bridgehead atoms. The zero-order valence-corrected chi connectivity index (χ0v) is 14.7. The molecule has 0 radical (unpaired) electrons. The predicted octanol–water partition coefficient (Wildman–Crippen LogP) is 3.97. The van der Waals surface area contributed by atoms with E-state index in [9.17, 15) is 21.6 Å². The van der Waals surface area contributed by atoms with Crippen LogP contribution in [0.1, 0.15) is 0 Å². The van der Waals surface area contributed by atoms with Crippen molar-refractivity contribution in [2.45, 2.75) is 11.3 Å². The molecule has 0 unspecified atom stereocenters. The minimum Gasteiger partial charge on any atom is -0.437 e. The van der Waals surface area contributed by atoms with Crippen LogP contribution in [0.15, 0.2) is 72.0 Å². The summed E-state index contributed by atoms with van der Waals surface area (Å²) in [6.45, 7) is 0. The van der Waals surface area contributed by atoms with Crippen LogP contribution in [0.4, 0.5) is 18.9 Å². The molecule has 1 heterocycles. The molecule has 0 aliphatic rings. The number of alkyl halides is 3. The van der Waals surface area contributed by atoms with E-state index in [0.29, 0.717) is 5.75 Å². The Hall–Kier alpha value is -3.34. The Morgan fingerprint density at radius 1 is 0.964 bits per heavy atom. The number of hydrogen-bond donors (Lipinski definition) is 1. The maximum Gasteiger partial charge on any atom is 0.573 e. The lowest BCUT2D eigenvalue weighted by Gasteiger charge is -2.11. The summed E-state index contributed by atoms with van der Waals surface area (Å²) in [5.41, 5.74) is 0.192. The highest BCUT2D eigenvalue weighted by Crippen LogP contribution is 2.26. The molecule has 3 aromatic rings. The number of aromatic nitrogens is 2. The maximum atomic E-state index is 12.4. The van der Waals surface area contributed by atoms with Crippen molar-refractivity contribution in [1.29, 1.82) is 0 Å². The first-order valence-electron chi connectivity index (χ1n) is 7.64. The number of ether oxygens (including phenoxy) is 2. The smallest absolute Gasteiger partial charge is 0.437 e. The standard InChI is InChI=1S/C17H12F3N3O4S/c18-17(19,20)27-13-4-6-15(7-5-13)28(24,25)23-12-2-1-3-14(10-12)26-16-11-21-8-9-22-16/h1-11,23H. The molecular formula is C17H12F3N3O4S. The molecule has 0 fully saturated rings. The number of nitrogens with one attached hydrogen (secondary N) is 1. The fourth-order valence-corrected chi connectivity index (χ4v) is 3.17. The van der Waals surface area contributed by atoms with E-state index in [1.165, 1.54) is 30.7 Å². The summed E-state index contributed by atoms with van der Waals surface area (Å²) in [6.07, 6.45) is -0.555. The molecule has 146 valence electrons. The van der Waals surface area contributed by atoms with Gasteiger partial charge in [0.2, 0.25) is 5.88 Å². The van der Waals surface area contributed by atoms with Crippen molar-refractivity contribution in [1.82, 2.24) is 9.97 Å². The van der Waals surface area contributed by atoms with Crippen LogP contribution in [0.25, 0.3) is 0 Å². The lowest BCUT2D eigenvalue weighted by atomic mass is 10.3. The second kappa shape index (κ2) is 7.72. The van der Waals surface area contributed by atoms with Crippen molar-refractivity contribution in [3.63, 3.8) is 0 Å². The first-order chi connectivity index (χ1) is 13.2. The predicted molar refractivity (Wildman–Crippen MR) is 92.5 cm³/mol. The number of hydrogen-bond acceptors (Lipinski definition) is 6. The summed E-state index contributed by atoms with van der Waals surface area (Å²) in [6, 6.07) is 9.90. The highest BCUT2D eigenvalue weighted by molar-refractivity contribution is 7.92. The van der Waals surface area contributed by atoms with Gasteiger partial charge >= 0.3 is 6.36 Å². The Morgan fingerprint density at radius 2 is 1.71 bits per heavy atom. The molecule has 0 saturated carbocycles. The largest absolute Gasteiger partial charge is 0.573 e. The minimum atomic E-state index is -4.86. The van der Waals surface area contributed by atoms with Gasteiger partial charge in [0.15, 0.2) is 0 Å². The average Bonchev–Trinajstić information content (AvgIpc) is 2.61. The number of rotatable bonds is 6. The van der Waals surface area contributed by atoms with E-state index >= 15 is 0 Å².